The van der Waals surface area contributed by atoms with Gasteiger partial charge in [-0.25, -0.2) is 0 Å². The molecule has 0 saturated heterocycles. The number of rotatable bonds is 5. The SMILES string of the molecule is C=C[C@]12C[C@H](O)[C@@]3(C)C(CC[C@@H]3[C@H](C)CCC(=O)O)C1[C@H](O)C[C@]1(C)C[C@H](N)CC[C@@]12C. The lowest BCUT2D eigenvalue weighted by atomic mass is 9.33. The van der Waals surface area contributed by atoms with Crippen molar-refractivity contribution in [3.05, 3.63) is 12.7 Å². The van der Waals surface area contributed by atoms with E-state index in [1.54, 1.807) is 0 Å². The van der Waals surface area contributed by atoms with Gasteiger partial charge in [-0.2, -0.15) is 0 Å². The molecule has 11 atom stereocenters. The van der Waals surface area contributed by atoms with Crippen LogP contribution >= 0.6 is 0 Å². The van der Waals surface area contributed by atoms with Gasteiger partial charge in [0.15, 0.2) is 0 Å². The highest BCUT2D eigenvalue weighted by molar-refractivity contribution is 5.66. The van der Waals surface area contributed by atoms with Crippen LogP contribution in [0.2, 0.25) is 0 Å². The molecular weight excluding hydrogens is 402 g/mol. The second-order valence-corrected chi connectivity index (χ2v) is 12.7. The highest BCUT2D eigenvalue weighted by Gasteiger charge is 2.73. The number of nitrogens with two attached hydrogens (primary N) is 1. The highest BCUT2D eigenvalue weighted by Crippen LogP contribution is 2.76. The lowest BCUT2D eigenvalue weighted by molar-refractivity contribution is -0.259. The van der Waals surface area contributed by atoms with Gasteiger partial charge in [-0.05, 0) is 91.3 Å². The van der Waals surface area contributed by atoms with Gasteiger partial charge < -0.3 is 21.1 Å². The van der Waals surface area contributed by atoms with E-state index in [0.29, 0.717) is 12.8 Å². The molecular formula is C27H45NO4. The number of aliphatic carboxylic acids is 1. The van der Waals surface area contributed by atoms with Crippen LogP contribution in [0.4, 0.5) is 0 Å². The maximum absolute atomic E-state index is 11.8. The van der Waals surface area contributed by atoms with E-state index in [1.807, 2.05) is 0 Å². The van der Waals surface area contributed by atoms with Crippen LogP contribution in [-0.2, 0) is 4.79 Å². The van der Waals surface area contributed by atoms with Gasteiger partial charge in [-0.1, -0.05) is 33.8 Å². The summed E-state index contributed by atoms with van der Waals surface area (Å²) in [5, 5.41) is 32.7. The molecule has 4 aliphatic carbocycles. The molecule has 0 bridgehead atoms. The Kier molecular flexibility index (Phi) is 5.91. The molecule has 0 aromatic carbocycles. The van der Waals surface area contributed by atoms with Crippen molar-refractivity contribution in [2.24, 2.45) is 51.1 Å². The van der Waals surface area contributed by atoms with Crippen LogP contribution in [-0.4, -0.2) is 39.5 Å². The van der Waals surface area contributed by atoms with Gasteiger partial charge in [0.25, 0.3) is 0 Å². The third kappa shape index (κ3) is 3.03. The van der Waals surface area contributed by atoms with Crippen molar-refractivity contribution in [1.82, 2.24) is 0 Å². The molecule has 5 N–H and O–H groups in total. The summed E-state index contributed by atoms with van der Waals surface area (Å²) in [7, 11) is 0. The summed E-state index contributed by atoms with van der Waals surface area (Å²) in [5.74, 6) is 0.0572. The number of aliphatic hydroxyl groups excluding tert-OH is 2. The molecule has 32 heavy (non-hydrogen) atoms. The Bertz CT molecular complexity index is 771. The van der Waals surface area contributed by atoms with E-state index in [2.05, 4.69) is 40.3 Å². The van der Waals surface area contributed by atoms with Crippen LogP contribution in [0.25, 0.3) is 0 Å². The van der Waals surface area contributed by atoms with Crippen molar-refractivity contribution in [3.8, 4) is 0 Å². The van der Waals surface area contributed by atoms with Gasteiger partial charge in [0.1, 0.15) is 0 Å². The van der Waals surface area contributed by atoms with Crippen molar-refractivity contribution >= 4 is 5.97 Å². The van der Waals surface area contributed by atoms with E-state index in [1.165, 1.54) is 0 Å². The molecule has 4 saturated carbocycles. The first-order chi connectivity index (χ1) is 14.9. The Hall–Kier alpha value is -0.910. The zero-order valence-electron chi connectivity index (χ0n) is 20.5. The predicted molar refractivity (Wildman–Crippen MR) is 126 cm³/mol. The number of carbonyl (C=O) groups is 1. The zero-order chi connectivity index (χ0) is 23.7. The molecule has 0 amide bonds. The van der Waals surface area contributed by atoms with Crippen LogP contribution < -0.4 is 5.73 Å². The van der Waals surface area contributed by atoms with Gasteiger partial charge in [0, 0.05) is 17.9 Å². The summed E-state index contributed by atoms with van der Waals surface area (Å²) in [5.41, 5.74) is 5.67. The maximum Gasteiger partial charge on any atom is 0.303 e. The highest BCUT2D eigenvalue weighted by atomic mass is 16.4. The second-order valence-electron chi connectivity index (χ2n) is 12.7. The van der Waals surface area contributed by atoms with Crippen LogP contribution in [0.5, 0.6) is 0 Å². The van der Waals surface area contributed by atoms with Crippen LogP contribution in [0.15, 0.2) is 12.7 Å². The van der Waals surface area contributed by atoms with Gasteiger partial charge in [0.05, 0.1) is 12.2 Å². The maximum atomic E-state index is 11.8. The van der Waals surface area contributed by atoms with E-state index >= 15 is 0 Å². The van der Waals surface area contributed by atoms with Crippen LogP contribution in [0, 0.1) is 45.3 Å². The molecule has 0 spiro atoms. The third-order valence-corrected chi connectivity index (χ3v) is 11.7. The molecule has 0 radical (unpaired) electrons. The summed E-state index contributed by atoms with van der Waals surface area (Å²) >= 11 is 0. The molecule has 0 aromatic heterocycles. The van der Waals surface area contributed by atoms with Crippen LogP contribution in [0.3, 0.4) is 0 Å². The van der Waals surface area contributed by atoms with Crippen molar-refractivity contribution in [2.45, 2.75) is 104 Å². The summed E-state index contributed by atoms with van der Waals surface area (Å²) in [4.78, 5) is 11.2. The molecule has 4 rings (SSSR count). The summed E-state index contributed by atoms with van der Waals surface area (Å²) in [6.07, 6.45) is 8.29. The lowest BCUT2D eigenvalue weighted by Gasteiger charge is -2.72. The number of fused-ring (bicyclic) bond motifs is 5. The topological polar surface area (TPSA) is 104 Å². The first-order valence-corrected chi connectivity index (χ1v) is 12.8. The third-order valence-electron chi connectivity index (χ3n) is 11.7. The number of hydrogen-bond donors (Lipinski definition) is 4. The average molecular weight is 448 g/mol. The fourth-order valence-corrected chi connectivity index (χ4v) is 9.82. The molecule has 5 heteroatoms. The van der Waals surface area contributed by atoms with E-state index in [-0.39, 0.29) is 57.8 Å². The van der Waals surface area contributed by atoms with E-state index in [0.717, 1.165) is 38.5 Å². The average Bonchev–Trinajstić information content (AvgIpc) is 3.06. The molecule has 182 valence electrons. The van der Waals surface area contributed by atoms with Crippen LogP contribution in [0.1, 0.15) is 85.5 Å². The Morgan fingerprint density at radius 2 is 1.84 bits per heavy atom. The minimum atomic E-state index is -0.753. The fraction of sp³-hybridized carbons (Fsp3) is 0.889. The Morgan fingerprint density at radius 1 is 1.16 bits per heavy atom. The molecule has 0 heterocycles. The van der Waals surface area contributed by atoms with Gasteiger partial charge in [-0.3, -0.25) is 4.79 Å². The largest absolute Gasteiger partial charge is 0.481 e. The second kappa shape index (κ2) is 7.81. The first kappa shape index (κ1) is 24.2. The summed E-state index contributed by atoms with van der Waals surface area (Å²) in [6, 6.07) is 0.170. The summed E-state index contributed by atoms with van der Waals surface area (Å²) < 4.78 is 0. The monoisotopic (exact) mass is 447 g/mol. The molecule has 0 aromatic rings. The normalized spacial score (nSPS) is 53.6. The quantitative estimate of drug-likeness (QED) is 0.469. The van der Waals surface area contributed by atoms with Gasteiger partial charge in [-0.15, -0.1) is 6.58 Å². The van der Waals surface area contributed by atoms with Gasteiger partial charge in [0.2, 0.25) is 0 Å². The molecule has 4 fully saturated rings. The Balaban J connectivity index is 1.74. The molecule has 0 aliphatic heterocycles. The minimum absolute atomic E-state index is 0.0587. The lowest BCUT2D eigenvalue weighted by Crippen LogP contribution is -2.70. The van der Waals surface area contributed by atoms with Crippen molar-refractivity contribution in [2.75, 3.05) is 0 Å². The number of carboxylic acids is 1. The van der Waals surface area contributed by atoms with Gasteiger partial charge >= 0.3 is 5.97 Å². The zero-order valence-corrected chi connectivity index (χ0v) is 20.5. The molecule has 5 nitrogen and oxygen atoms in total. The number of allylic oxidation sites excluding steroid dienone is 1. The Labute approximate surface area is 193 Å². The van der Waals surface area contributed by atoms with Crippen molar-refractivity contribution in [1.29, 1.82) is 0 Å². The number of aliphatic hydroxyl groups is 2. The number of carboxylic acid groups (broad SMARTS) is 1. The summed E-state index contributed by atoms with van der Waals surface area (Å²) in [6.45, 7) is 13.4. The minimum Gasteiger partial charge on any atom is -0.481 e. The fourth-order valence-electron chi connectivity index (χ4n) is 9.82. The first-order valence-electron chi connectivity index (χ1n) is 12.8. The Morgan fingerprint density at radius 3 is 2.47 bits per heavy atom. The standard InChI is InChI=1S/C27H45NO4/c1-6-27-15-21(30)26(5)18(16(2)7-10-22(31)32)8-9-19(26)23(27)20(29)14-24(3)13-17(28)11-12-25(24,27)4/h6,16-21,23,29-30H,1,7-15,28H2,2-5H3,(H,31,32)/t16-,17-,18-,19?,20-,21+,23?,24+,25+,26-,27+/m1/s1. The van der Waals surface area contributed by atoms with Crippen molar-refractivity contribution in [3.63, 3.8) is 0 Å². The van der Waals surface area contributed by atoms with E-state index in [9.17, 15) is 20.1 Å². The molecule has 4 aliphatic rings. The molecule has 2 unspecified atom stereocenters. The van der Waals surface area contributed by atoms with E-state index < -0.39 is 18.2 Å². The number of hydrogen-bond acceptors (Lipinski definition) is 4. The van der Waals surface area contributed by atoms with E-state index in [4.69, 9.17) is 5.73 Å². The predicted octanol–water partition coefficient (Wildman–Crippen LogP) is 4.36. The van der Waals surface area contributed by atoms with Crippen molar-refractivity contribution < 1.29 is 20.1 Å². The smallest absolute Gasteiger partial charge is 0.303 e.